The van der Waals surface area contributed by atoms with Gasteiger partial charge >= 0.3 is 6.09 Å². The van der Waals surface area contributed by atoms with Crippen molar-refractivity contribution in [2.45, 2.75) is 103 Å². The quantitative estimate of drug-likeness (QED) is 0.148. The highest BCUT2D eigenvalue weighted by atomic mass is 16.7. The molecule has 3 heterocycles. The number of aliphatic hydroxyl groups is 1. The molecule has 8 rings (SSSR count). The van der Waals surface area contributed by atoms with Crippen molar-refractivity contribution >= 4 is 17.9 Å². The summed E-state index contributed by atoms with van der Waals surface area (Å²) in [4.78, 5) is 42.6. The van der Waals surface area contributed by atoms with Crippen LogP contribution in [0.4, 0.5) is 4.79 Å². The molecule has 57 heavy (non-hydrogen) atoms. The number of likely N-dealkylation sites (tertiary alicyclic amines) is 2. The predicted molar refractivity (Wildman–Crippen MR) is 215 cm³/mol. The number of carbonyl (C=O) groups excluding carboxylic acids is 3. The van der Waals surface area contributed by atoms with Gasteiger partial charge in [0.05, 0.1) is 31.8 Å². The van der Waals surface area contributed by atoms with Gasteiger partial charge in [0.15, 0.2) is 6.29 Å². The number of aliphatic hydroxyl groups excluding tert-OH is 1. The van der Waals surface area contributed by atoms with Crippen molar-refractivity contribution in [1.29, 1.82) is 0 Å². The topological polar surface area (TPSA) is 118 Å². The van der Waals surface area contributed by atoms with Crippen LogP contribution in [0.1, 0.15) is 93.1 Å². The minimum absolute atomic E-state index is 0.00595. The number of imide groups is 1. The number of carbonyl (C=O) groups is 3. The van der Waals surface area contributed by atoms with E-state index < -0.39 is 24.3 Å². The van der Waals surface area contributed by atoms with E-state index in [9.17, 15) is 19.5 Å². The molecule has 2 bridgehead atoms. The lowest BCUT2D eigenvalue weighted by atomic mass is 9.65. The van der Waals surface area contributed by atoms with E-state index in [0.717, 1.165) is 58.5 Å². The van der Waals surface area contributed by atoms with Crippen molar-refractivity contribution in [2.24, 2.45) is 10.8 Å². The molecule has 4 aliphatic rings. The average molecular weight is 772 g/mol. The number of nitrogens with zero attached hydrogens (tertiary/aromatic N) is 2. The number of ether oxygens (including phenoxy) is 3. The number of nitrogens with one attached hydrogen (secondary N) is 1. The van der Waals surface area contributed by atoms with Gasteiger partial charge in [-0.05, 0) is 75.6 Å². The summed E-state index contributed by atoms with van der Waals surface area (Å²) in [5.41, 5.74) is 6.98. The summed E-state index contributed by atoms with van der Waals surface area (Å²) in [6, 6.07) is 32.8. The fourth-order valence-electron chi connectivity index (χ4n) is 9.85. The number of fused-ring (bicyclic) bond motifs is 2. The highest BCUT2D eigenvalue weighted by Gasteiger charge is 2.50. The monoisotopic (exact) mass is 771 g/mol. The Bertz CT molecular complexity index is 2090. The van der Waals surface area contributed by atoms with Crippen LogP contribution in [0, 0.1) is 10.8 Å². The molecule has 10 heteroatoms. The van der Waals surface area contributed by atoms with Crippen molar-refractivity contribution in [1.82, 2.24) is 15.1 Å². The molecular weight excluding hydrogens is 719 g/mol. The number of alkyl carbamates (subject to hydrolysis) is 1. The molecule has 4 fully saturated rings. The van der Waals surface area contributed by atoms with Gasteiger partial charge < -0.3 is 24.6 Å². The van der Waals surface area contributed by atoms with E-state index in [1.54, 1.807) is 0 Å². The fourth-order valence-corrected chi connectivity index (χ4v) is 9.85. The summed E-state index contributed by atoms with van der Waals surface area (Å²) in [6.45, 7) is 9.34. The van der Waals surface area contributed by atoms with Crippen LogP contribution in [0.2, 0.25) is 0 Å². The largest absolute Gasteiger partial charge is 0.445 e. The third kappa shape index (κ3) is 9.00. The van der Waals surface area contributed by atoms with Crippen LogP contribution in [0.5, 0.6) is 0 Å². The van der Waals surface area contributed by atoms with Gasteiger partial charge in [0, 0.05) is 31.1 Å². The third-order valence-corrected chi connectivity index (χ3v) is 12.1. The van der Waals surface area contributed by atoms with Gasteiger partial charge in [0.1, 0.15) is 12.6 Å². The molecule has 3 aliphatic heterocycles. The maximum absolute atomic E-state index is 13.3. The van der Waals surface area contributed by atoms with Gasteiger partial charge in [-0.25, -0.2) is 4.79 Å². The molecule has 0 spiro atoms. The van der Waals surface area contributed by atoms with Crippen LogP contribution in [-0.4, -0.2) is 64.1 Å². The molecule has 1 aliphatic carbocycles. The van der Waals surface area contributed by atoms with Gasteiger partial charge in [0.2, 0.25) is 5.91 Å². The van der Waals surface area contributed by atoms with E-state index >= 15 is 0 Å². The van der Waals surface area contributed by atoms with Crippen molar-refractivity contribution in [2.75, 3.05) is 13.1 Å². The van der Waals surface area contributed by atoms with Gasteiger partial charge in [0.25, 0.3) is 5.91 Å². The lowest BCUT2D eigenvalue weighted by Gasteiger charge is -2.41. The van der Waals surface area contributed by atoms with Crippen molar-refractivity contribution < 1.29 is 33.7 Å². The van der Waals surface area contributed by atoms with E-state index in [2.05, 4.69) is 49.2 Å². The molecule has 0 aromatic heterocycles. The van der Waals surface area contributed by atoms with Crippen LogP contribution in [0.3, 0.4) is 0 Å². The van der Waals surface area contributed by atoms with Crippen LogP contribution in [0.25, 0.3) is 11.1 Å². The second-order valence-corrected chi connectivity index (χ2v) is 17.6. The third-order valence-electron chi connectivity index (χ3n) is 12.1. The van der Waals surface area contributed by atoms with E-state index in [-0.39, 0.29) is 44.3 Å². The normalized spacial score (nSPS) is 27.1. The summed E-state index contributed by atoms with van der Waals surface area (Å²) in [5.74, 6) is -0.807. The highest BCUT2D eigenvalue weighted by Crippen LogP contribution is 2.53. The minimum atomic E-state index is -0.976. The van der Waals surface area contributed by atoms with Crippen molar-refractivity contribution in [3.8, 4) is 11.1 Å². The zero-order valence-electron chi connectivity index (χ0n) is 33.1. The first-order chi connectivity index (χ1) is 27.4. The molecule has 3 saturated heterocycles. The van der Waals surface area contributed by atoms with Gasteiger partial charge in [-0.2, -0.15) is 0 Å². The number of rotatable bonds is 11. The Morgan fingerprint density at radius 3 is 2.35 bits per heavy atom. The predicted octanol–water partition coefficient (Wildman–Crippen LogP) is 7.85. The molecule has 2 N–H and O–H groups in total. The minimum Gasteiger partial charge on any atom is -0.445 e. The number of hydrogen-bond donors (Lipinski definition) is 2. The highest BCUT2D eigenvalue weighted by molar-refractivity contribution is 6.06. The van der Waals surface area contributed by atoms with Gasteiger partial charge in [-0.3, -0.25) is 19.4 Å². The number of benzene rings is 4. The van der Waals surface area contributed by atoms with E-state index in [1.807, 2.05) is 84.9 Å². The van der Waals surface area contributed by atoms with E-state index in [0.29, 0.717) is 16.9 Å². The van der Waals surface area contributed by atoms with E-state index in [4.69, 9.17) is 14.2 Å². The molecule has 1 saturated carbocycles. The standard InChI is InChI=1S/C47H53N3O7/c1-46(2)23-38-24-47(3,29-46)30-49(38)26-39-21-41(34-17-15-31(27-51)16-18-34)57-44(56-39)37-14-8-13-36(20-37)35-12-7-11-33(19-35)25-50-42(52)22-40(43(50)53)48-45(54)55-28-32-9-5-4-6-10-32/h4-20,38-41,44,51H,21-30H2,1-3H3,(H,48,54). The Hall–Kier alpha value is -4.87. The molecule has 3 amide bonds. The zero-order valence-corrected chi connectivity index (χ0v) is 33.1. The SMILES string of the molecule is CC1(C)CC2CC(C)(CN2CC2CC(c3ccc(CO)cc3)OC(c3cccc(-c4cccc(CN5C(=O)CC(NC(=O)OCc6ccccc6)C5=O)c4)c3)O2)C1. The Morgan fingerprint density at radius 2 is 1.58 bits per heavy atom. The van der Waals surface area contributed by atoms with Gasteiger partial charge in [-0.15, -0.1) is 0 Å². The van der Waals surface area contributed by atoms with Crippen LogP contribution < -0.4 is 5.32 Å². The molecule has 6 unspecified atom stereocenters. The molecule has 10 nitrogen and oxygen atoms in total. The molecular formula is C47H53N3O7. The molecule has 4 aromatic rings. The first-order valence-corrected chi connectivity index (χ1v) is 20.2. The molecule has 4 aromatic carbocycles. The Labute approximate surface area is 335 Å². The first-order valence-electron chi connectivity index (χ1n) is 20.2. The maximum Gasteiger partial charge on any atom is 0.408 e. The molecule has 298 valence electrons. The van der Waals surface area contributed by atoms with Crippen LogP contribution in [0.15, 0.2) is 103 Å². The zero-order chi connectivity index (χ0) is 39.7. The lowest BCUT2D eigenvalue weighted by molar-refractivity contribution is -0.253. The summed E-state index contributed by atoms with van der Waals surface area (Å²) in [6.07, 6.45) is 2.74. The second-order valence-electron chi connectivity index (χ2n) is 17.6. The summed E-state index contributed by atoms with van der Waals surface area (Å²) >= 11 is 0. The first kappa shape index (κ1) is 39.0. The lowest BCUT2D eigenvalue weighted by Crippen LogP contribution is -2.42. The van der Waals surface area contributed by atoms with E-state index in [1.165, 1.54) is 24.2 Å². The average Bonchev–Trinajstić information content (AvgIpc) is 3.60. The van der Waals surface area contributed by atoms with Crippen LogP contribution >= 0.6 is 0 Å². The second kappa shape index (κ2) is 16.2. The number of hydrogen-bond acceptors (Lipinski definition) is 8. The van der Waals surface area contributed by atoms with Gasteiger partial charge in [-0.1, -0.05) is 112 Å². The molecule has 0 radical (unpaired) electrons. The summed E-state index contributed by atoms with van der Waals surface area (Å²) < 4.78 is 18.9. The van der Waals surface area contributed by atoms with Crippen LogP contribution in [-0.2, 0) is 43.6 Å². The number of amides is 3. The summed E-state index contributed by atoms with van der Waals surface area (Å²) in [5, 5.41) is 12.2. The molecule has 6 atom stereocenters. The fraction of sp³-hybridized carbons (Fsp3) is 0.426. The Morgan fingerprint density at radius 1 is 0.842 bits per heavy atom. The summed E-state index contributed by atoms with van der Waals surface area (Å²) in [7, 11) is 0. The Balaban J connectivity index is 0.961. The van der Waals surface area contributed by atoms with Crippen molar-refractivity contribution in [3.63, 3.8) is 0 Å². The smallest absolute Gasteiger partial charge is 0.408 e. The maximum atomic E-state index is 13.3. The Kier molecular flexibility index (Phi) is 11.1. The van der Waals surface area contributed by atoms with Crippen molar-refractivity contribution in [3.05, 3.63) is 131 Å².